The molecule has 4 aromatic rings. The Morgan fingerprint density at radius 3 is 2.52 bits per heavy atom. The molecule has 40 heavy (non-hydrogen) atoms. The minimum atomic E-state index is -0.524. The molecule has 3 heterocycles. The van der Waals surface area contributed by atoms with E-state index in [9.17, 15) is 9.59 Å². The van der Waals surface area contributed by atoms with E-state index in [-0.39, 0.29) is 30.2 Å². The van der Waals surface area contributed by atoms with Gasteiger partial charge in [0.1, 0.15) is 6.61 Å². The predicted octanol–water partition coefficient (Wildman–Crippen LogP) is 3.44. The zero-order valence-electron chi connectivity index (χ0n) is 21.9. The fourth-order valence-corrected chi connectivity index (χ4v) is 4.19. The summed E-state index contributed by atoms with van der Waals surface area (Å²) < 4.78 is 16.2. The van der Waals surface area contributed by atoms with Crippen molar-refractivity contribution in [3.8, 4) is 17.3 Å². The van der Waals surface area contributed by atoms with Gasteiger partial charge in [-0.15, -0.1) is 0 Å². The summed E-state index contributed by atoms with van der Waals surface area (Å²) in [5, 5.41) is 6.19. The van der Waals surface area contributed by atoms with Crippen LogP contribution in [0.5, 0.6) is 5.88 Å². The van der Waals surface area contributed by atoms with Crippen molar-refractivity contribution in [1.29, 1.82) is 0 Å². The first kappa shape index (κ1) is 26.8. The van der Waals surface area contributed by atoms with Crippen molar-refractivity contribution in [3.05, 3.63) is 102 Å². The van der Waals surface area contributed by atoms with E-state index in [4.69, 9.17) is 14.2 Å². The van der Waals surface area contributed by atoms with E-state index in [1.807, 2.05) is 54.6 Å². The predicted molar refractivity (Wildman–Crippen MR) is 148 cm³/mol. The Morgan fingerprint density at radius 2 is 1.77 bits per heavy atom. The number of esters is 1. The maximum atomic E-state index is 12.7. The maximum absolute atomic E-state index is 12.7. The molecule has 0 radical (unpaired) electrons. The van der Waals surface area contributed by atoms with Gasteiger partial charge in [-0.1, -0.05) is 54.6 Å². The molecule has 204 valence electrons. The lowest BCUT2D eigenvalue weighted by atomic mass is 10.0. The highest BCUT2D eigenvalue weighted by molar-refractivity contribution is 5.93. The van der Waals surface area contributed by atoms with Crippen LogP contribution in [0.2, 0.25) is 0 Å². The molecule has 2 N–H and O–H groups in total. The van der Waals surface area contributed by atoms with Crippen molar-refractivity contribution >= 4 is 17.6 Å². The fourth-order valence-electron chi connectivity index (χ4n) is 4.19. The lowest BCUT2D eigenvalue weighted by molar-refractivity contribution is -0.130. The van der Waals surface area contributed by atoms with Gasteiger partial charge in [0.15, 0.2) is 11.5 Å². The topological polar surface area (TPSA) is 125 Å². The summed E-state index contributed by atoms with van der Waals surface area (Å²) in [7, 11) is 1.31. The molecule has 2 atom stereocenters. The highest BCUT2D eigenvalue weighted by atomic mass is 16.5. The van der Waals surface area contributed by atoms with Crippen molar-refractivity contribution in [2.45, 2.75) is 25.2 Å². The number of ether oxygens (including phenoxy) is 3. The van der Waals surface area contributed by atoms with Gasteiger partial charge in [-0.25, -0.2) is 14.8 Å². The number of carbonyl (C=O) groups excluding carboxylic acids is 2. The van der Waals surface area contributed by atoms with Gasteiger partial charge in [0.05, 0.1) is 38.0 Å². The van der Waals surface area contributed by atoms with Crippen molar-refractivity contribution < 1.29 is 23.8 Å². The minimum absolute atomic E-state index is 0.102. The summed E-state index contributed by atoms with van der Waals surface area (Å²) in [4.78, 5) is 37.6. The molecule has 0 bridgehead atoms. The van der Waals surface area contributed by atoms with E-state index >= 15 is 0 Å². The van der Waals surface area contributed by atoms with Crippen LogP contribution in [0.15, 0.2) is 85.2 Å². The number of rotatable bonds is 11. The Hall–Kier alpha value is -4.83. The van der Waals surface area contributed by atoms with Gasteiger partial charge in [0, 0.05) is 30.6 Å². The number of amides is 1. The number of benzene rings is 2. The van der Waals surface area contributed by atoms with Gasteiger partial charge in [-0.05, 0) is 23.3 Å². The SMILES string of the molecule is COC(=O)c1ncccc1NC[C@@H]1OCC1NC(=O)Cc1ccc(-c2nccc(OCc3ccccc3)n2)cc1. The number of nitrogens with zero attached hydrogens (tertiary/aromatic N) is 3. The third-order valence-electron chi connectivity index (χ3n) is 6.40. The summed E-state index contributed by atoms with van der Waals surface area (Å²) in [6.07, 6.45) is 3.19. The molecule has 0 aliphatic carbocycles. The molecule has 2 aromatic heterocycles. The second-order valence-corrected chi connectivity index (χ2v) is 9.18. The first-order valence-corrected chi connectivity index (χ1v) is 12.9. The van der Waals surface area contributed by atoms with Crippen molar-refractivity contribution in [2.75, 3.05) is 25.6 Å². The first-order chi connectivity index (χ1) is 19.6. The van der Waals surface area contributed by atoms with Crippen LogP contribution in [0.25, 0.3) is 11.4 Å². The molecule has 10 heteroatoms. The second kappa shape index (κ2) is 12.8. The summed E-state index contributed by atoms with van der Waals surface area (Å²) in [6.45, 7) is 1.25. The van der Waals surface area contributed by atoms with Gasteiger partial charge >= 0.3 is 5.97 Å². The summed E-state index contributed by atoms with van der Waals surface area (Å²) in [5.74, 6) is 0.418. The van der Waals surface area contributed by atoms with E-state index in [1.54, 1.807) is 24.4 Å². The molecule has 1 amide bonds. The number of anilines is 1. The third kappa shape index (κ3) is 6.78. The van der Waals surface area contributed by atoms with Gasteiger partial charge in [-0.2, -0.15) is 4.98 Å². The number of carbonyl (C=O) groups is 2. The monoisotopic (exact) mass is 539 g/mol. The van der Waals surface area contributed by atoms with Crippen molar-refractivity contribution in [3.63, 3.8) is 0 Å². The van der Waals surface area contributed by atoms with Crippen LogP contribution in [0.3, 0.4) is 0 Å². The molecule has 1 fully saturated rings. The van der Waals surface area contributed by atoms with Crippen LogP contribution in [-0.4, -0.2) is 59.2 Å². The van der Waals surface area contributed by atoms with E-state index in [0.29, 0.717) is 37.2 Å². The summed E-state index contributed by atoms with van der Waals surface area (Å²) in [5.41, 5.74) is 3.50. The average Bonchev–Trinajstić information content (AvgIpc) is 2.99. The van der Waals surface area contributed by atoms with E-state index < -0.39 is 5.97 Å². The molecule has 0 saturated carbocycles. The fraction of sp³-hybridized carbons (Fsp3) is 0.233. The van der Waals surface area contributed by atoms with E-state index in [0.717, 1.165) is 16.7 Å². The molecular weight excluding hydrogens is 510 g/mol. The first-order valence-electron chi connectivity index (χ1n) is 12.9. The van der Waals surface area contributed by atoms with Crippen LogP contribution in [0, 0.1) is 0 Å². The van der Waals surface area contributed by atoms with Crippen LogP contribution in [0.4, 0.5) is 5.69 Å². The van der Waals surface area contributed by atoms with Gasteiger partial charge in [0.25, 0.3) is 0 Å². The van der Waals surface area contributed by atoms with Crippen molar-refractivity contribution in [2.24, 2.45) is 0 Å². The molecule has 1 unspecified atom stereocenters. The van der Waals surface area contributed by atoms with Gasteiger partial charge in [-0.3, -0.25) is 4.79 Å². The molecule has 1 saturated heterocycles. The number of aromatic nitrogens is 3. The third-order valence-corrected chi connectivity index (χ3v) is 6.40. The molecule has 10 nitrogen and oxygen atoms in total. The van der Waals surface area contributed by atoms with Crippen molar-refractivity contribution in [1.82, 2.24) is 20.3 Å². The van der Waals surface area contributed by atoms with Crippen LogP contribution in [-0.2, 0) is 27.3 Å². The number of hydrogen-bond donors (Lipinski definition) is 2. The van der Waals surface area contributed by atoms with Gasteiger partial charge in [0.2, 0.25) is 11.8 Å². The Balaban J connectivity index is 1.11. The largest absolute Gasteiger partial charge is 0.473 e. The number of hydrogen-bond acceptors (Lipinski definition) is 9. The highest BCUT2D eigenvalue weighted by Crippen LogP contribution is 2.20. The Bertz CT molecular complexity index is 1450. The lowest BCUT2D eigenvalue weighted by Gasteiger charge is -2.37. The quantitative estimate of drug-likeness (QED) is 0.276. The Labute approximate surface area is 231 Å². The van der Waals surface area contributed by atoms with Gasteiger partial charge < -0.3 is 24.8 Å². The normalized spacial score (nSPS) is 15.9. The molecule has 0 spiro atoms. The molecule has 1 aliphatic rings. The van der Waals surface area contributed by atoms with Crippen LogP contribution >= 0.6 is 0 Å². The molecule has 5 rings (SSSR count). The molecule has 2 aromatic carbocycles. The highest BCUT2D eigenvalue weighted by Gasteiger charge is 2.33. The van der Waals surface area contributed by atoms with E-state index in [1.165, 1.54) is 13.3 Å². The minimum Gasteiger partial charge on any atom is -0.473 e. The standard InChI is InChI=1S/C30H29N5O5/c1-38-30(37)28-23(8-5-14-31-28)33-17-25-24(19-39-25)34-26(36)16-20-9-11-22(12-10-20)29-32-15-13-27(35-29)40-18-21-6-3-2-4-7-21/h2-15,24-25,33H,16-19H2,1H3,(H,34,36)/t24?,25-/m0/s1. The molecular formula is C30H29N5O5. The second-order valence-electron chi connectivity index (χ2n) is 9.18. The number of nitrogens with one attached hydrogen (secondary N) is 2. The number of pyridine rings is 1. The zero-order chi connectivity index (χ0) is 27.7. The van der Waals surface area contributed by atoms with E-state index in [2.05, 4.69) is 25.6 Å². The van der Waals surface area contributed by atoms with Crippen LogP contribution < -0.4 is 15.4 Å². The van der Waals surface area contributed by atoms with Crippen LogP contribution in [0.1, 0.15) is 21.6 Å². The Morgan fingerprint density at radius 1 is 0.950 bits per heavy atom. The summed E-state index contributed by atoms with van der Waals surface area (Å²) in [6, 6.07) is 22.5. The summed E-state index contributed by atoms with van der Waals surface area (Å²) >= 11 is 0. The Kier molecular flexibility index (Phi) is 8.57. The smallest absolute Gasteiger partial charge is 0.358 e. The average molecular weight is 540 g/mol. The maximum Gasteiger partial charge on any atom is 0.358 e. The number of methoxy groups -OCH3 is 1. The lowest BCUT2D eigenvalue weighted by Crippen LogP contribution is -2.58. The molecule has 1 aliphatic heterocycles. The zero-order valence-corrected chi connectivity index (χ0v) is 21.9.